The van der Waals surface area contributed by atoms with Crippen molar-refractivity contribution in [2.45, 2.75) is 0 Å². The number of benzene rings is 4. The van der Waals surface area contributed by atoms with E-state index in [-0.39, 0.29) is 11.6 Å². The van der Waals surface area contributed by atoms with Gasteiger partial charge >= 0.3 is 0 Å². The Hall–Kier alpha value is -4.90. The number of aryl methyl sites for hydroxylation is 1. The molecule has 0 atom stereocenters. The van der Waals surface area contributed by atoms with Crippen LogP contribution in [0, 0.1) is 0 Å². The SMILES string of the molecule is COc1ccc(C=CC(=O)c2ccc3c(c2)c2cc(C(=O)C=Cc4ccc(OC)cc4)ccc2n3C)cc1. The highest BCUT2D eigenvalue weighted by Gasteiger charge is 2.13. The Balaban J connectivity index is 1.43. The molecule has 1 aromatic heterocycles. The van der Waals surface area contributed by atoms with Crippen molar-refractivity contribution in [2.75, 3.05) is 14.2 Å². The Bertz CT molecular complexity index is 1580. The molecule has 0 aliphatic rings. The van der Waals surface area contributed by atoms with Crippen LogP contribution in [0.3, 0.4) is 0 Å². The lowest BCUT2D eigenvalue weighted by molar-refractivity contribution is 0.104. The summed E-state index contributed by atoms with van der Waals surface area (Å²) in [5.74, 6) is 1.36. The number of allylic oxidation sites excluding steroid dienone is 2. The van der Waals surface area contributed by atoms with Gasteiger partial charge in [0.2, 0.25) is 0 Å². The monoisotopic (exact) mass is 501 g/mol. The van der Waals surface area contributed by atoms with Crippen LogP contribution in [0.4, 0.5) is 0 Å². The van der Waals surface area contributed by atoms with Gasteiger partial charge in [0, 0.05) is 40.0 Å². The Kier molecular flexibility index (Phi) is 6.92. The second kappa shape index (κ2) is 10.6. The predicted octanol–water partition coefficient (Wildman–Crippen LogP) is 7.14. The number of ketones is 2. The largest absolute Gasteiger partial charge is 0.497 e. The summed E-state index contributed by atoms with van der Waals surface area (Å²) in [4.78, 5) is 25.9. The summed E-state index contributed by atoms with van der Waals surface area (Å²) in [5.41, 5.74) is 4.99. The maximum Gasteiger partial charge on any atom is 0.185 e. The molecule has 0 radical (unpaired) electrons. The summed E-state index contributed by atoms with van der Waals surface area (Å²) >= 11 is 0. The maximum atomic E-state index is 13.0. The normalized spacial score (nSPS) is 11.6. The smallest absolute Gasteiger partial charge is 0.185 e. The third-order valence-corrected chi connectivity index (χ3v) is 6.66. The van der Waals surface area contributed by atoms with Crippen LogP contribution in [0.5, 0.6) is 11.5 Å². The van der Waals surface area contributed by atoms with Gasteiger partial charge in [0.15, 0.2) is 11.6 Å². The van der Waals surface area contributed by atoms with Crippen LogP contribution in [-0.2, 0) is 7.05 Å². The molecule has 0 spiro atoms. The van der Waals surface area contributed by atoms with Gasteiger partial charge in [-0.15, -0.1) is 0 Å². The minimum atomic E-state index is -0.0885. The first-order valence-electron chi connectivity index (χ1n) is 12.2. The standard InChI is InChI=1S/C33H27NO4/c1-34-30-16-10-24(32(35)18-8-22-4-12-26(37-2)13-5-22)20-28(30)29-21-25(11-17-31(29)34)33(36)19-9-23-6-14-27(38-3)15-7-23/h4-21H,1-3H3. The lowest BCUT2D eigenvalue weighted by Crippen LogP contribution is -1.94. The number of carbonyl (C=O) groups excluding carboxylic acids is 2. The highest BCUT2D eigenvalue weighted by molar-refractivity contribution is 6.16. The number of methoxy groups -OCH3 is 2. The van der Waals surface area contributed by atoms with Crippen LogP contribution in [0.2, 0.25) is 0 Å². The van der Waals surface area contributed by atoms with Gasteiger partial charge in [0.25, 0.3) is 0 Å². The molecule has 0 aliphatic carbocycles. The topological polar surface area (TPSA) is 57.5 Å². The summed E-state index contributed by atoms with van der Waals surface area (Å²) in [5, 5.41) is 1.86. The molecule has 0 fully saturated rings. The van der Waals surface area contributed by atoms with Gasteiger partial charge < -0.3 is 14.0 Å². The molecule has 0 saturated heterocycles. The third kappa shape index (κ3) is 5.00. The van der Waals surface area contributed by atoms with E-state index in [0.29, 0.717) is 11.1 Å². The molecule has 0 unspecified atom stereocenters. The molecule has 1 heterocycles. The fourth-order valence-corrected chi connectivity index (χ4v) is 4.49. The maximum absolute atomic E-state index is 13.0. The summed E-state index contributed by atoms with van der Waals surface area (Å²) in [6.07, 6.45) is 6.74. The van der Waals surface area contributed by atoms with E-state index in [0.717, 1.165) is 44.4 Å². The first-order chi connectivity index (χ1) is 18.5. The van der Waals surface area contributed by atoms with E-state index in [2.05, 4.69) is 4.57 Å². The Morgan fingerprint density at radius 1 is 0.605 bits per heavy atom. The van der Waals surface area contributed by atoms with Gasteiger partial charge in [-0.2, -0.15) is 0 Å². The van der Waals surface area contributed by atoms with Crippen LogP contribution in [0.1, 0.15) is 31.8 Å². The van der Waals surface area contributed by atoms with Crippen LogP contribution < -0.4 is 9.47 Å². The second-order valence-electron chi connectivity index (χ2n) is 8.96. The van der Waals surface area contributed by atoms with Crippen molar-refractivity contribution in [1.29, 1.82) is 0 Å². The van der Waals surface area contributed by atoms with Gasteiger partial charge in [0.05, 0.1) is 14.2 Å². The van der Waals surface area contributed by atoms with Crippen LogP contribution >= 0.6 is 0 Å². The molecule has 5 aromatic rings. The van der Waals surface area contributed by atoms with Gasteiger partial charge in [-0.3, -0.25) is 9.59 Å². The average Bonchev–Trinajstić information content (AvgIpc) is 3.25. The van der Waals surface area contributed by atoms with Crippen molar-refractivity contribution < 1.29 is 19.1 Å². The fraction of sp³-hybridized carbons (Fsp3) is 0.0909. The van der Waals surface area contributed by atoms with Crippen molar-refractivity contribution in [3.05, 3.63) is 119 Å². The zero-order valence-electron chi connectivity index (χ0n) is 21.5. The number of nitrogens with zero attached hydrogens (tertiary/aromatic N) is 1. The van der Waals surface area contributed by atoms with Gasteiger partial charge in [-0.25, -0.2) is 0 Å². The van der Waals surface area contributed by atoms with Crippen molar-refractivity contribution in [3.8, 4) is 11.5 Å². The molecular weight excluding hydrogens is 474 g/mol. The van der Waals surface area contributed by atoms with Crippen LogP contribution in [-0.4, -0.2) is 30.4 Å². The quantitative estimate of drug-likeness (QED) is 0.167. The predicted molar refractivity (Wildman–Crippen MR) is 153 cm³/mol. The third-order valence-electron chi connectivity index (χ3n) is 6.66. The van der Waals surface area contributed by atoms with E-state index in [9.17, 15) is 9.59 Å². The lowest BCUT2D eigenvalue weighted by atomic mass is 10.0. The number of ether oxygens (including phenoxy) is 2. The second-order valence-corrected chi connectivity index (χ2v) is 8.96. The molecule has 5 nitrogen and oxygen atoms in total. The molecule has 5 heteroatoms. The highest BCUT2D eigenvalue weighted by atomic mass is 16.5. The van der Waals surface area contributed by atoms with E-state index in [4.69, 9.17) is 9.47 Å². The van der Waals surface area contributed by atoms with Crippen LogP contribution in [0.25, 0.3) is 34.0 Å². The van der Waals surface area contributed by atoms with Crippen molar-refractivity contribution in [2.24, 2.45) is 7.05 Å². The van der Waals surface area contributed by atoms with Crippen LogP contribution in [0.15, 0.2) is 97.1 Å². The molecule has 0 amide bonds. The van der Waals surface area contributed by atoms with E-state index in [1.165, 1.54) is 0 Å². The number of fused-ring (bicyclic) bond motifs is 3. The number of rotatable bonds is 8. The molecule has 0 N–H and O–H groups in total. The first-order valence-corrected chi connectivity index (χ1v) is 12.2. The van der Waals surface area contributed by atoms with E-state index >= 15 is 0 Å². The van der Waals surface area contributed by atoms with E-state index in [1.54, 1.807) is 38.5 Å². The Labute approximate surface area is 221 Å². The highest BCUT2D eigenvalue weighted by Crippen LogP contribution is 2.30. The summed E-state index contributed by atoms with van der Waals surface area (Å²) < 4.78 is 12.4. The molecule has 0 saturated carbocycles. The van der Waals surface area contributed by atoms with Gasteiger partial charge in [0.1, 0.15) is 11.5 Å². The average molecular weight is 502 g/mol. The Morgan fingerprint density at radius 3 is 1.37 bits per heavy atom. The van der Waals surface area contributed by atoms with Crippen molar-refractivity contribution >= 4 is 45.5 Å². The number of carbonyl (C=O) groups is 2. The van der Waals surface area contributed by atoms with Crippen molar-refractivity contribution in [3.63, 3.8) is 0 Å². The number of hydrogen-bond donors (Lipinski definition) is 0. The fourth-order valence-electron chi connectivity index (χ4n) is 4.49. The minimum Gasteiger partial charge on any atom is -0.497 e. The molecule has 4 aromatic carbocycles. The molecule has 0 aliphatic heterocycles. The summed E-state index contributed by atoms with van der Waals surface area (Å²) in [7, 11) is 5.23. The summed E-state index contributed by atoms with van der Waals surface area (Å²) in [6, 6.07) is 26.4. The zero-order valence-corrected chi connectivity index (χ0v) is 21.5. The molecule has 5 rings (SSSR count). The number of aromatic nitrogens is 1. The number of hydrogen-bond acceptors (Lipinski definition) is 4. The first kappa shape index (κ1) is 24.8. The molecular formula is C33H27NO4. The molecule has 0 bridgehead atoms. The van der Waals surface area contributed by atoms with Crippen molar-refractivity contribution in [1.82, 2.24) is 4.57 Å². The van der Waals surface area contributed by atoms with E-state index < -0.39 is 0 Å². The molecule has 188 valence electrons. The lowest BCUT2D eigenvalue weighted by Gasteiger charge is -2.01. The molecule has 38 heavy (non-hydrogen) atoms. The minimum absolute atomic E-state index is 0.0885. The zero-order chi connectivity index (χ0) is 26.6. The summed E-state index contributed by atoms with van der Waals surface area (Å²) in [6.45, 7) is 0. The van der Waals surface area contributed by atoms with Gasteiger partial charge in [-0.05, 0) is 83.9 Å². The van der Waals surface area contributed by atoms with Gasteiger partial charge in [-0.1, -0.05) is 36.4 Å². The Morgan fingerprint density at radius 2 is 1.00 bits per heavy atom. The van der Waals surface area contributed by atoms with E-state index in [1.807, 2.05) is 92.0 Å².